The van der Waals surface area contributed by atoms with Gasteiger partial charge in [-0.3, -0.25) is 14.6 Å². The van der Waals surface area contributed by atoms with Gasteiger partial charge >= 0.3 is 0 Å². The second-order valence-corrected chi connectivity index (χ2v) is 6.54. The molecule has 0 bridgehead atoms. The number of rotatable bonds is 3. The molecule has 2 amide bonds. The van der Waals surface area contributed by atoms with Gasteiger partial charge in [-0.1, -0.05) is 0 Å². The molecule has 138 valence electrons. The highest BCUT2D eigenvalue weighted by Crippen LogP contribution is 2.29. The monoisotopic (exact) mass is 364 g/mol. The van der Waals surface area contributed by atoms with Crippen molar-refractivity contribution in [3.8, 4) is 0 Å². The Balaban J connectivity index is 1.52. The lowest BCUT2D eigenvalue weighted by Crippen LogP contribution is -2.38. The van der Waals surface area contributed by atoms with E-state index in [0.717, 1.165) is 18.5 Å². The summed E-state index contributed by atoms with van der Waals surface area (Å²) < 4.78 is 1.75. The van der Waals surface area contributed by atoms with Crippen molar-refractivity contribution in [3.63, 3.8) is 0 Å². The molecule has 27 heavy (non-hydrogen) atoms. The highest BCUT2D eigenvalue weighted by Gasteiger charge is 2.27. The van der Waals surface area contributed by atoms with Crippen molar-refractivity contribution in [2.45, 2.75) is 18.8 Å². The van der Waals surface area contributed by atoms with E-state index in [4.69, 9.17) is 0 Å². The van der Waals surface area contributed by atoms with E-state index in [1.54, 1.807) is 48.5 Å². The normalized spacial score (nSPS) is 15.1. The van der Waals surface area contributed by atoms with E-state index in [1.807, 2.05) is 11.0 Å². The van der Waals surface area contributed by atoms with Crippen molar-refractivity contribution in [1.82, 2.24) is 29.8 Å². The van der Waals surface area contributed by atoms with Gasteiger partial charge in [0, 0.05) is 55.9 Å². The molecule has 0 aromatic carbocycles. The van der Waals surface area contributed by atoms with Crippen LogP contribution in [0.3, 0.4) is 0 Å². The molecule has 0 saturated carbocycles. The van der Waals surface area contributed by atoms with Crippen molar-refractivity contribution in [2.24, 2.45) is 0 Å². The van der Waals surface area contributed by atoms with Crippen LogP contribution in [0.4, 0.5) is 0 Å². The van der Waals surface area contributed by atoms with Gasteiger partial charge < -0.3 is 10.2 Å². The Labute approximate surface area is 156 Å². The Hall–Kier alpha value is -3.29. The van der Waals surface area contributed by atoms with Gasteiger partial charge in [0.2, 0.25) is 0 Å². The zero-order chi connectivity index (χ0) is 18.8. The molecule has 4 heterocycles. The molecular weight excluding hydrogens is 344 g/mol. The number of nitrogens with one attached hydrogen (secondary N) is 1. The van der Waals surface area contributed by atoms with Gasteiger partial charge in [-0.15, -0.1) is 0 Å². The lowest BCUT2D eigenvalue weighted by atomic mass is 9.93. The number of hydrogen-bond acceptors (Lipinski definition) is 5. The summed E-state index contributed by atoms with van der Waals surface area (Å²) in [5.41, 5.74) is 2.70. The molecule has 8 nitrogen and oxygen atoms in total. The average Bonchev–Trinajstić information content (AvgIpc) is 3.18. The topological polar surface area (TPSA) is 92.5 Å². The number of carbonyl (C=O) groups is 2. The van der Waals surface area contributed by atoms with E-state index in [9.17, 15) is 9.59 Å². The summed E-state index contributed by atoms with van der Waals surface area (Å²) in [5.74, 6) is 0.0959. The van der Waals surface area contributed by atoms with E-state index < -0.39 is 0 Å². The van der Waals surface area contributed by atoms with E-state index >= 15 is 0 Å². The number of likely N-dealkylation sites (tertiary alicyclic amines) is 1. The van der Waals surface area contributed by atoms with Gasteiger partial charge in [0.05, 0.1) is 6.20 Å². The summed E-state index contributed by atoms with van der Waals surface area (Å²) in [4.78, 5) is 34.7. The van der Waals surface area contributed by atoms with Gasteiger partial charge in [-0.25, -0.2) is 9.50 Å². The van der Waals surface area contributed by atoms with Crippen molar-refractivity contribution in [1.29, 1.82) is 0 Å². The van der Waals surface area contributed by atoms with Crippen LogP contribution in [0.25, 0.3) is 5.65 Å². The fourth-order valence-electron chi connectivity index (χ4n) is 3.57. The lowest BCUT2D eigenvalue weighted by Gasteiger charge is -2.32. The van der Waals surface area contributed by atoms with Crippen LogP contribution in [-0.4, -0.2) is 56.4 Å². The first-order valence-electron chi connectivity index (χ1n) is 8.93. The van der Waals surface area contributed by atoms with Crippen LogP contribution in [0.1, 0.15) is 45.2 Å². The number of amides is 2. The molecule has 3 aromatic rings. The number of piperidine rings is 1. The number of carbonyl (C=O) groups excluding carboxylic acids is 2. The summed E-state index contributed by atoms with van der Waals surface area (Å²) in [6, 6.07) is 5.42. The Bertz CT molecular complexity index is 976. The molecule has 1 aliphatic rings. The molecule has 0 spiro atoms. The minimum absolute atomic E-state index is 0.0386. The maximum atomic E-state index is 12.6. The molecule has 0 unspecified atom stereocenters. The van der Waals surface area contributed by atoms with Crippen molar-refractivity contribution < 1.29 is 9.59 Å². The van der Waals surface area contributed by atoms with Crippen molar-refractivity contribution in [2.75, 3.05) is 20.1 Å². The highest BCUT2D eigenvalue weighted by atomic mass is 16.2. The van der Waals surface area contributed by atoms with Crippen LogP contribution in [0.15, 0.2) is 43.0 Å². The van der Waals surface area contributed by atoms with Gasteiger partial charge in [0.25, 0.3) is 11.8 Å². The number of pyridine rings is 1. The minimum Gasteiger partial charge on any atom is -0.355 e. The summed E-state index contributed by atoms with van der Waals surface area (Å²) in [7, 11) is 1.59. The van der Waals surface area contributed by atoms with E-state index in [-0.39, 0.29) is 17.7 Å². The predicted molar refractivity (Wildman–Crippen MR) is 98.5 cm³/mol. The summed E-state index contributed by atoms with van der Waals surface area (Å²) >= 11 is 0. The molecular formula is C19H20N6O2. The Morgan fingerprint density at radius 3 is 2.56 bits per heavy atom. The van der Waals surface area contributed by atoms with Crippen LogP contribution in [0.2, 0.25) is 0 Å². The van der Waals surface area contributed by atoms with Gasteiger partial charge in [-0.2, -0.15) is 5.10 Å². The quantitative estimate of drug-likeness (QED) is 0.760. The molecule has 1 fully saturated rings. The van der Waals surface area contributed by atoms with Gasteiger partial charge in [-0.05, 0) is 31.0 Å². The molecule has 4 rings (SSSR count). The first kappa shape index (κ1) is 17.1. The Kier molecular flexibility index (Phi) is 4.53. The molecule has 0 aliphatic carbocycles. The third-order valence-corrected chi connectivity index (χ3v) is 5.03. The van der Waals surface area contributed by atoms with Crippen LogP contribution >= 0.6 is 0 Å². The number of fused-ring (bicyclic) bond motifs is 1. The molecule has 1 N–H and O–H groups in total. The Morgan fingerprint density at radius 1 is 1.11 bits per heavy atom. The first-order valence-corrected chi connectivity index (χ1v) is 8.93. The molecule has 8 heteroatoms. The fraction of sp³-hybridized carbons (Fsp3) is 0.316. The van der Waals surface area contributed by atoms with E-state index in [0.29, 0.717) is 29.9 Å². The summed E-state index contributed by atoms with van der Waals surface area (Å²) in [5, 5.41) is 6.98. The summed E-state index contributed by atoms with van der Waals surface area (Å²) in [6.07, 6.45) is 8.21. The lowest BCUT2D eigenvalue weighted by molar-refractivity contribution is 0.0711. The van der Waals surface area contributed by atoms with E-state index in [1.165, 1.54) is 0 Å². The SMILES string of the molecule is CNC(=O)c1cnn2c(C3CCN(C(=O)c4ccncc4)CC3)ccnc12. The maximum Gasteiger partial charge on any atom is 0.256 e. The van der Waals surface area contributed by atoms with Gasteiger partial charge in [0.15, 0.2) is 5.65 Å². The van der Waals surface area contributed by atoms with E-state index in [2.05, 4.69) is 20.4 Å². The van der Waals surface area contributed by atoms with Crippen LogP contribution in [0.5, 0.6) is 0 Å². The van der Waals surface area contributed by atoms with Crippen molar-refractivity contribution >= 4 is 17.5 Å². The maximum absolute atomic E-state index is 12.6. The standard InChI is InChI=1S/C19H20N6O2/c1-20-18(26)15-12-23-25-16(4-9-22-17(15)25)13-5-10-24(11-6-13)19(27)14-2-7-21-8-3-14/h2-4,7-9,12-13H,5-6,10-11H2,1H3,(H,20,26). The zero-order valence-corrected chi connectivity index (χ0v) is 15.0. The highest BCUT2D eigenvalue weighted by molar-refractivity contribution is 5.99. The molecule has 0 radical (unpaired) electrons. The molecule has 3 aromatic heterocycles. The average molecular weight is 364 g/mol. The Morgan fingerprint density at radius 2 is 1.85 bits per heavy atom. The third-order valence-electron chi connectivity index (χ3n) is 5.03. The number of nitrogens with zero attached hydrogens (tertiary/aromatic N) is 5. The smallest absolute Gasteiger partial charge is 0.256 e. The van der Waals surface area contributed by atoms with Crippen molar-refractivity contribution in [3.05, 3.63) is 59.8 Å². The largest absolute Gasteiger partial charge is 0.355 e. The van der Waals surface area contributed by atoms with Crippen LogP contribution in [0, 0.1) is 0 Å². The number of hydrogen-bond donors (Lipinski definition) is 1. The summed E-state index contributed by atoms with van der Waals surface area (Å²) in [6.45, 7) is 1.36. The van der Waals surface area contributed by atoms with Crippen LogP contribution in [-0.2, 0) is 0 Å². The molecule has 0 atom stereocenters. The third kappa shape index (κ3) is 3.14. The zero-order valence-electron chi connectivity index (χ0n) is 15.0. The minimum atomic E-state index is -0.201. The fourth-order valence-corrected chi connectivity index (χ4v) is 3.57. The molecule has 1 aliphatic heterocycles. The van der Waals surface area contributed by atoms with Gasteiger partial charge in [0.1, 0.15) is 5.56 Å². The second-order valence-electron chi connectivity index (χ2n) is 6.54. The van der Waals surface area contributed by atoms with Crippen LogP contribution < -0.4 is 5.32 Å². The first-order chi connectivity index (χ1) is 13.2. The molecule has 1 saturated heterocycles. The predicted octanol–water partition coefficient (Wildman–Crippen LogP) is 1.50. The number of aromatic nitrogens is 4. The second kappa shape index (κ2) is 7.14.